The van der Waals surface area contributed by atoms with Crippen molar-refractivity contribution in [2.45, 2.75) is 40.2 Å². The van der Waals surface area contributed by atoms with Crippen LogP contribution in [0.2, 0.25) is 0 Å². The van der Waals surface area contributed by atoms with Crippen molar-refractivity contribution >= 4 is 17.4 Å². The Labute approximate surface area is 131 Å². The summed E-state index contributed by atoms with van der Waals surface area (Å²) in [4.78, 5) is 20.4. The van der Waals surface area contributed by atoms with Crippen LogP contribution in [-0.4, -0.2) is 21.4 Å². The SMILES string of the molecule is Cc1cccc(C)c1Nc1cc(C(=O)NC(C)(C)C)ncn1. The van der Waals surface area contributed by atoms with Gasteiger partial charge in [0.15, 0.2) is 0 Å². The van der Waals surface area contributed by atoms with Crippen molar-refractivity contribution in [3.05, 3.63) is 47.4 Å². The lowest BCUT2D eigenvalue weighted by atomic mass is 10.1. The van der Waals surface area contributed by atoms with Crippen LogP contribution in [0.4, 0.5) is 11.5 Å². The first-order valence-corrected chi connectivity index (χ1v) is 7.24. The number of rotatable bonds is 3. The molecule has 0 saturated carbocycles. The van der Waals surface area contributed by atoms with Crippen LogP contribution >= 0.6 is 0 Å². The number of para-hydroxylation sites is 1. The molecule has 0 aliphatic carbocycles. The van der Waals surface area contributed by atoms with Crippen LogP contribution in [0.3, 0.4) is 0 Å². The summed E-state index contributed by atoms with van der Waals surface area (Å²) in [6, 6.07) is 7.73. The van der Waals surface area contributed by atoms with Crippen molar-refractivity contribution in [1.29, 1.82) is 0 Å². The molecule has 2 rings (SSSR count). The van der Waals surface area contributed by atoms with Gasteiger partial charge in [-0.2, -0.15) is 0 Å². The highest BCUT2D eigenvalue weighted by molar-refractivity contribution is 5.93. The normalized spacial score (nSPS) is 11.1. The number of nitrogens with one attached hydrogen (secondary N) is 2. The van der Waals surface area contributed by atoms with E-state index in [2.05, 4.69) is 20.6 Å². The zero-order valence-electron chi connectivity index (χ0n) is 13.7. The number of benzene rings is 1. The van der Waals surface area contributed by atoms with Crippen molar-refractivity contribution < 1.29 is 4.79 Å². The van der Waals surface area contributed by atoms with E-state index in [9.17, 15) is 4.79 Å². The number of carbonyl (C=O) groups is 1. The molecule has 116 valence electrons. The van der Waals surface area contributed by atoms with E-state index in [0.29, 0.717) is 11.5 Å². The van der Waals surface area contributed by atoms with E-state index >= 15 is 0 Å². The molecule has 5 heteroatoms. The molecule has 2 aromatic rings. The third-order valence-electron chi connectivity index (χ3n) is 3.12. The van der Waals surface area contributed by atoms with Gasteiger partial charge in [0.2, 0.25) is 0 Å². The van der Waals surface area contributed by atoms with Gasteiger partial charge in [0.1, 0.15) is 17.8 Å². The molecule has 1 aromatic carbocycles. The summed E-state index contributed by atoms with van der Waals surface area (Å²) in [5.74, 6) is 0.394. The third kappa shape index (κ3) is 4.04. The zero-order valence-corrected chi connectivity index (χ0v) is 13.7. The molecular weight excluding hydrogens is 276 g/mol. The van der Waals surface area contributed by atoms with Gasteiger partial charge in [-0.3, -0.25) is 4.79 Å². The van der Waals surface area contributed by atoms with E-state index in [1.807, 2.05) is 52.8 Å². The van der Waals surface area contributed by atoms with E-state index in [1.54, 1.807) is 6.07 Å². The van der Waals surface area contributed by atoms with Crippen LogP contribution in [-0.2, 0) is 0 Å². The molecule has 0 atom stereocenters. The second kappa shape index (κ2) is 6.13. The molecule has 0 aliphatic heterocycles. The first-order chi connectivity index (χ1) is 10.3. The van der Waals surface area contributed by atoms with Crippen molar-refractivity contribution in [3.8, 4) is 0 Å². The van der Waals surface area contributed by atoms with Crippen molar-refractivity contribution in [1.82, 2.24) is 15.3 Å². The number of aromatic nitrogens is 2. The van der Waals surface area contributed by atoms with E-state index in [1.165, 1.54) is 6.33 Å². The molecule has 0 radical (unpaired) electrons. The lowest BCUT2D eigenvalue weighted by Crippen LogP contribution is -2.40. The fourth-order valence-electron chi connectivity index (χ4n) is 2.09. The number of aryl methyl sites for hydroxylation is 2. The molecular formula is C17H22N4O. The highest BCUT2D eigenvalue weighted by Crippen LogP contribution is 2.23. The van der Waals surface area contributed by atoms with E-state index in [0.717, 1.165) is 16.8 Å². The van der Waals surface area contributed by atoms with Crippen LogP contribution in [0.15, 0.2) is 30.6 Å². The minimum Gasteiger partial charge on any atom is -0.346 e. The third-order valence-corrected chi connectivity index (χ3v) is 3.12. The number of anilines is 2. The summed E-state index contributed by atoms with van der Waals surface area (Å²) in [5.41, 5.74) is 3.29. The van der Waals surface area contributed by atoms with E-state index < -0.39 is 0 Å². The van der Waals surface area contributed by atoms with Gasteiger partial charge in [0.25, 0.3) is 5.91 Å². The Hall–Kier alpha value is -2.43. The number of hydrogen-bond donors (Lipinski definition) is 2. The van der Waals surface area contributed by atoms with Gasteiger partial charge in [-0.1, -0.05) is 18.2 Å². The van der Waals surface area contributed by atoms with Gasteiger partial charge in [0.05, 0.1) is 0 Å². The van der Waals surface area contributed by atoms with Crippen LogP contribution in [0, 0.1) is 13.8 Å². The van der Waals surface area contributed by atoms with Gasteiger partial charge in [-0.25, -0.2) is 9.97 Å². The predicted octanol–water partition coefficient (Wildman–Crippen LogP) is 3.37. The average molecular weight is 298 g/mol. The minimum absolute atomic E-state index is 0.209. The average Bonchev–Trinajstić information content (AvgIpc) is 2.41. The Morgan fingerprint density at radius 1 is 1.09 bits per heavy atom. The minimum atomic E-state index is -0.303. The molecule has 1 heterocycles. The molecule has 1 aromatic heterocycles. The highest BCUT2D eigenvalue weighted by Gasteiger charge is 2.17. The Bertz CT molecular complexity index is 669. The second-order valence-electron chi connectivity index (χ2n) is 6.38. The first kappa shape index (κ1) is 15.9. The molecule has 0 aliphatic rings. The largest absolute Gasteiger partial charge is 0.346 e. The number of nitrogens with zero attached hydrogens (tertiary/aromatic N) is 2. The van der Waals surface area contributed by atoms with Crippen molar-refractivity contribution in [2.75, 3.05) is 5.32 Å². The van der Waals surface area contributed by atoms with Crippen molar-refractivity contribution in [2.24, 2.45) is 0 Å². The molecule has 2 N–H and O–H groups in total. The predicted molar refractivity (Wildman–Crippen MR) is 88.4 cm³/mol. The Morgan fingerprint density at radius 2 is 1.73 bits per heavy atom. The smallest absolute Gasteiger partial charge is 0.270 e. The summed E-state index contributed by atoms with van der Waals surface area (Å²) in [7, 11) is 0. The molecule has 0 saturated heterocycles. The molecule has 0 spiro atoms. The molecule has 5 nitrogen and oxygen atoms in total. The van der Waals surface area contributed by atoms with Gasteiger partial charge in [-0.15, -0.1) is 0 Å². The summed E-state index contributed by atoms with van der Waals surface area (Å²) in [5, 5.41) is 6.16. The maximum atomic E-state index is 12.2. The van der Waals surface area contributed by atoms with Crippen LogP contribution < -0.4 is 10.6 Å². The molecule has 0 unspecified atom stereocenters. The molecule has 0 bridgehead atoms. The molecule has 0 fully saturated rings. The Kier molecular flexibility index (Phi) is 4.45. The highest BCUT2D eigenvalue weighted by atomic mass is 16.2. The van der Waals surface area contributed by atoms with E-state index in [-0.39, 0.29) is 11.4 Å². The lowest BCUT2D eigenvalue weighted by molar-refractivity contribution is 0.0914. The number of amides is 1. The van der Waals surface area contributed by atoms with Gasteiger partial charge >= 0.3 is 0 Å². The quantitative estimate of drug-likeness (QED) is 0.911. The van der Waals surface area contributed by atoms with E-state index in [4.69, 9.17) is 0 Å². The van der Waals surface area contributed by atoms with Crippen LogP contribution in [0.5, 0.6) is 0 Å². The number of carbonyl (C=O) groups excluding carboxylic acids is 1. The second-order valence-corrected chi connectivity index (χ2v) is 6.38. The van der Waals surface area contributed by atoms with Gasteiger partial charge in [0, 0.05) is 17.3 Å². The first-order valence-electron chi connectivity index (χ1n) is 7.24. The summed E-state index contributed by atoms with van der Waals surface area (Å²) in [6.07, 6.45) is 1.40. The standard InChI is InChI=1S/C17H22N4O/c1-11-7-6-8-12(2)15(11)20-14-9-13(18-10-19-14)16(22)21-17(3,4)5/h6-10H,1-5H3,(H,21,22)(H,18,19,20). The van der Waals surface area contributed by atoms with Crippen LogP contribution in [0.25, 0.3) is 0 Å². The van der Waals surface area contributed by atoms with Crippen molar-refractivity contribution in [3.63, 3.8) is 0 Å². The maximum absolute atomic E-state index is 12.2. The summed E-state index contributed by atoms with van der Waals surface area (Å²) in [6.45, 7) is 9.86. The Balaban J connectivity index is 2.24. The van der Waals surface area contributed by atoms with Gasteiger partial charge in [-0.05, 0) is 45.7 Å². The summed E-state index contributed by atoms with van der Waals surface area (Å²) >= 11 is 0. The zero-order chi connectivity index (χ0) is 16.3. The monoisotopic (exact) mass is 298 g/mol. The maximum Gasteiger partial charge on any atom is 0.270 e. The fourth-order valence-corrected chi connectivity index (χ4v) is 2.09. The summed E-state index contributed by atoms with van der Waals surface area (Å²) < 4.78 is 0. The van der Waals surface area contributed by atoms with Gasteiger partial charge < -0.3 is 10.6 Å². The van der Waals surface area contributed by atoms with Crippen LogP contribution in [0.1, 0.15) is 42.4 Å². The topological polar surface area (TPSA) is 66.9 Å². The Morgan fingerprint density at radius 3 is 2.32 bits per heavy atom. The lowest BCUT2D eigenvalue weighted by Gasteiger charge is -2.20. The molecule has 22 heavy (non-hydrogen) atoms. The number of hydrogen-bond acceptors (Lipinski definition) is 4. The molecule has 1 amide bonds. The fraction of sp³-hybridized carbons (Fsp3) is 0.353.